The van der Waals surface area contributed by atoms with Crippen molar-refractivity contribution in [3.8, 4) is 28.4 Å². The number of benzene rings is 2. The molecular weight excluding hydrogens is 362 g/mol. The molecule has 1 aromatic heterocycles. The fraction of sp³-hybridized carbons (Fsp3) is 0.200. The maximum atomic E-state index is 12.3. The zero-order valence-electron chi connectivity index (χ0n) is 15.3. The molecule has 0 saturated heterocycles. The van der Waals surface area contributed by atoms with E-state index in [1.165, 1.54) is 0 Å². The Balaban J connectivity index is 1.68. The molecule has 0 spiro atoms. The van der Waals surface area contributed by atoms with Crippen molar-refractivity contribution in [2.45, 2.75) is 0 Å². The van der Waals surface area contributed by atoms with Gasteiger partial charge in [0.2, 0.25) is 0 Å². The summed E-state index contributed by atoms with van der Waals surface area (Å²) in [6.07, 6.45) is 3.44. The molecule has 8 nitrogen and oxygen atoms in total. The minimum atomic E-state index is -0.340. The molecule has 3 aromatic rings. The van der Waals surface area contributed by atoms with Crippen LogP contribution in [0.1, 0.15) is 0 Å². The third-order valence-corrected chi connectivity index (χ3v) is 3.85. The summed E-state index contributed by atoms with van der Waals surface area (Å²) in [7, 11) is 1.56. The Morgan fingerprint density at radius 1 is 1.14 bits per heavy atom. The van der Waals surface area contributed by atoms with E-state index in [2.05, 4.69) is 15.5 Å². The van der Waals surface area contributed by atoms with Crippen LogP contribution in [-0.2, 0) is 4.79 Å². The number of aromatic amines is 1. The Morgan fingerprint density at radius 2 is 2.00 bits per heavy atom. The van der Waals surface area contributed by atoms with E-state index in [1.54, 1.807) is 55.9 Å². The van der Waals surface area contributed by atoms with Gasteiger partial charge in [0, 0.05) is 17.8 Å². The number of anilines is 1. The second kappa shape index (κ2) is 9.43. The molecule has 0 aliphatic heterocycles. The molecule has 3 N–H and O–H groups in total. The van der Waals surface area contributed by atoms with Gasteiger partial charge in [-0.25, -0.2) is 0 Å². The molecule has 8 heteroatoms. The summed E-state index contributed by atoms with van der Waals surface area (Å²) in [5.74, 6) is 1.28. The van der Waals surface area contributed by atoms with Crippen molar-refractivity contribution in [3.05, 3.63) is 54.9 Å². The van der Waals surface area contributed by atoms with Crippen molar-refractivity contribution < 1.29 is 24.1 Å². The van der Waals surface area contributed by atoms with E-state index >= 15 is 0 Å². The van der Waals surface area contributed by atoms with E-state index in [4.69, 9.17) is 19.3 Å². The molecule has 0 fully saturated rings. The van der Waals surface area contributed by atoms with Gasteiger partial charge in [0.1, 0.15) is 23.9 Å². The van der Waals surface area contributed by atoms with Crippen molar-refractivity contribution in [1.82, 2.24) is 10.2 Å². The highest BCUT2D eigenvalue weighted by Crippen LogP contribution is 2.30. The average Bonchev–Trinajstić information content (AvgIpc) is 3.26. The van der Waals surface area contributed by atoms with Crippen LogP contribution in [-0.4, -0.2) is 48.1 Å². The van der Waals surface area contributed by atoms with Crippen molar-refractivity contribution in [2.24, 2.45) is 0 Å². The first-order valence-electron chi connectivity index (χ1n) is 8.63. The summed E-state index contributed by atoms with van der Waals surface area (Å²) in [6, 6.07) is 12.4. The van der Waals surface area contributed by atoms with Crippen LogP contribution in [0.5, 0.6) is 17.2 Å². The quantitative estimate of drug-likeness (QED) is 0.524. The zero-order valence-corrected chi connectivity index (χ0v) is 15.3. The molecule has 1 amide bonds. The van der Waals surface area contributed by atoms with Gasteiger partial charge < -0.3 is 24.6 Å². The first kappa shape index (κ1) is 19.2. The van der Waals surface area contributed by atoms with Gasteiger partial charge in [-0.15, -0.1) is 0 Å². The zero-order chi connectivity index (χ0) is 19.8. The number of hydrogen-bond acceptors (Lipinski definition) is 6. The van der Waals surface area contributed by atoms with Crippen LogP contribution in [0.15, 0.2) is 54.9 Å². The molecular formula is C20H21N3O5. The fourth-order valence-electron chi connectivity index (χ4n) is 2.52. The molecule has 0 atom stereocenters. The van der Waals surface area contributed by atoms with Crippen LogP contribution < -0.4 is 19.5 Å². The summed E-state index contributed by atoms with van der Waals surface area (Å²) in [5.41, 5.74) is 2.24. The topological polar surface area (TPSA) is 106 Å². The predicted octanol–water partition coefficient (Wildman–Crippen LogP) is 2.47. The number of carbonyl (C=O) groups is 1. The monoisotopic (exact) mass is 383 g/mol. The Bertz CT molecular complexity index is 912. The van der Waals surface area contributed by atoms with E-state index in [-0.39, 0.29) is 25.7 Å². The van der Waals surface area contributed by atoms with Crippen molar-refractivity contribution in [1.29, 1.82) is 0 Å². The maximum absolute atomic E-state index is 12.3. The lowest BCUT2D eigenvalue weighted by atomic mass is 10.1. The van der Waals surface area contributed by atoms with Gasteiger partial charge >= 0.3 is 0 Å². The maximum Gasteiger partial charge on any atom is 0.262 e. The van der Waals surface area contributed by atoms with Crippen molar-refractivity contribution >= 4 is 11.6 Å². The Hall–Kier alpha value is -3.52. The van der Waals surface area contributed by atoms with Gasteiger partial charge in [-0.05, 0) is 29.8 Å². The molecule has 0 saturated carbocycles. The Morgan fingerprint density at radius 3 is 2.75 bits per heavy atom. The molecule has 146 valence electrons. The largest absolute Gasteiger partial charge is 0.497 e. The standard InChI is InChI=1S/C20H21N3O5/c1-26-16-3-2-4-17(10-16)28-13-20(25)23-18-6-5-14(15-11-21-22-12-15)9-19(18)27-8-7-24/h2-6,9-12,24H,7-8,13H2,1H3,(H,21,22)(H,23,25). The lowest BCUT2D eigenvalue weighted by Gasteiger charge is -2.14. The molecule has 0 aliphatic carbocycles. The predicted molar refractivity (Wildman–Crippen MR) is 104 cm³/mol. The highest BCUT2D eigenvalue weighted by atomic mass is 16.5. The molecule has 1 heterocycles. The number of methoxy groups -OCH3 is 1. The van der Waals surface area contributed by atoms with Gasteiger partial charge in [0.25, 0.3) is 5.91 Å². The minimum absolute atomic E-state index is 0.109. The van der Waals surface area contributed by atoms with Crippen molar-refractivity contribution in [2.75, 3.05) is 32.2 Å². The van der Waals surface area contributed by atoms with Gasteiger partial charge in [-0.2, -0.15) is 5.10 Å². The van der Waals surface area contributed by atoms with E-state index in [1.807, 2.05) is 6.07 Å². The number of carbonyl (C=O) groups excluding carboxylic acids is 1. The summed E-state index contributed by atoms with van der Waals surface area (Å²) < 4.78 is 16.2. The number of nitrogens with one attached hydrogen (secondary N) is 2. The summed E-state index contributed by atoms with van der Waals surface area (Å²) in [5, 5.41) is 18.5. The number of hydrogen-bond donors (Lipinski definition) is 3. The number of aromatic nitrogens is 2. The summed E-state index contributed by atoms with van der Waals surface area (Å²) in [4.78, 5) is 12.3. The third-order valence-electron chi connectivity index (χ3n) is 3.85. The molecule has 0 bridgehead atoms. The summed E-state index contributed by atoms with van der Waals surface area (Å²) >= 11 is 0. The number of aliphatic hydroxyl groups excluding tert-OH is 1. The van der Waals surface area contributed by atoms with Crippen LogP contribution in [0.3, 0.4) is 0 Å². The SMILES string of the molecule is COc1cccc(OCC(=O)Nc2ccc(-c3cn[nH]c3)cc2OCCO)c1. The summed E-state index contributed by atoms with van der Waals surface area (Å²) in [6.45, 7) is -0.198. The van der Waals surface area contributed by atoms with Gasteiger partial charge in [0.05, 0.1) is 25.6 Å². The van der Waals surface area contributed by atoms with E-state index < -0.39 is 0 Å². The number of rotatable bonds is 9. The molecule has 0 aliphatic rings. The first-order chi connectivity index (χ1) is 13.7. The third kappa shape index (κ3) is 5.01. The van der Waals surface area contributed by atoms with Crippen molar-refractivity contribution in [3.63, 3.8) is 0 Å². The second-order valence-electron chi connectivity index (χ2n) is 5.79. The number of nitrogens with zero attached hydrogens (tertiary/aromatic N) is 1. The lowest BCUT2D eigenvalue weighted by Crippen LogP contribution is -2.20. The average molecular weight is 383 g/mol. The van der Waals surface area contributed by atoms with E-state index in [0.29, 0.717) is 22.9 Å². The van der Waals surface area contributed by atoms with Crippen LogP contribution in [0.2, 0.25) is 0 Å². The molecule has 2 aromatic carbocycles. The second-order valence-corrected chi connectivity index (χ2v) is 5.79. The van der Waals surface area contributed by atoms with Gasteiger partial charge in [0.15, 0.2) is 6.61 Å². The van der Waals surface area contributed by atoms with Gasteiger partial charge in [-0.3, -0.25) is 9.89 Å². The number of amides is 1. The lowest BCUT2D eigenvalue weighted by molar-refractivity contribution is -0.118. The Kier molecular flexibility index (Phi) is 6.48. The van der Waals surface area contributed by atoms with Crippen LogP contribution >= 0.6 is 0 Å². The fourth-order valence-corrected chi connectivity index (χ4v) is 2.52. The smallest absolute Gasteiger partial charge is 0.262 e. The highest BCUT2D eigenvalue weighted by Gasteiger charge is 2.11. The van der Waals surface area contributed by atoms with Gasteiger partial charge in [-0.1, -0.05) is 12.1 Å². The normalized spacial score (nSPS) is 10.4. The highest BCUT2D eigenvalue weighted by molar-refractivity contribution is 5.93. The first-order valence-corrected chi connectivity index (χ1v) is 8.63. The minimum Gasteiger partial charge on any atom is -0.497 e. The van der Waals surface area contributed by atoms with Crippen LogP contribution in [0.4, 0.5) is 5.69 Å². The van der Waals surface area contributed by atoms with Crippen LogP contribution in [0, 0.1) is 0 Å². The van der Waals surface area contributed by atoms with E-state index in [9.17, 15) is 4.79 Å². The number of H-pyrrole nitrogens is 1. The Labute approximate surface area is 162 Å². The number of aliphatic hydroxyl groups is 1. The molecule has 0 radical (unpaired) electrons. The molecule has 28 heavy (non-hydrogen) atoms. The molecule has 0 unspecified atom stereocenters. The van der Waals surface area contributed by atoms with Crippen LogP contribution in [0.25, 0.3) is 11.1 Å². The molecule has 3 rings (SSSR count). The number of ether oxygens (including phenoxy) is 3. The van der Waals surface area contributed by atoms with E-state index in [0.717, 1.165) is 11.1 Å².